The SMILES string of the molecule is NCCN.O=P(O)(O)O.[SiH4]. The maximum Gasteiger partial charge on any atom is 0.466 e. The van der Waals surface area contributed by atoms with Crippen LogP contribution < -0.4 is 11.5 Å². The van der Waals surface area contributed by atoms with Crippen molar-refractivity contribution in [1.29, 1.82) is 0 Å². The maximum atomic E-state index is 8.88. The van der Waals surface area contributed by atoms with Gasteiger partial charge in [-0.2, -0.15) is 0 Å². The van der Waals surface area contributed by atoms with E-state index in [2.05, 4.69) is 0 Å². The second kappa shape index (κ2) is 9.25. The van der Waals surface area contributed by atoms with Gasteiger partial charge in [-0.15, -0.1) is 0 Å². The van der Waals surface area contributed by atoms with Crippen molar-refractivity contribution in [2.24, 2.45) is 11.5 Å². The first-order chi connectivity index (χ1) is 3.91. The highest BCUT2D eigenvalue weighted by Crippen LogP contribution is 2.25. The lowest BCUT2D eigenvalue weighted by atomic mass is 10.7. The van der Waals surface area contributed by atoms with Crippen LogP contribution in [0.5, 0.6) is 0 Å². The molecule has 66 valence electrons. The van der Waals surface area contributed by atoms with E-state index in [4.69, 9.17) is 30.7 Å². The summed E-state index contributed by atoms with van der Waals surface area (Å²) in [5, 5.41) is 0. The molecule has 0 atom stereocenters. The molecule has 0 radical (unpaired) electrons. The van der Waals surface area contributed by atoms with Gasteiger partial charge in [-0.3, -0.25) is 0 Å². The van der Waals surface area contributed by atoms with E-state index < -0.39 is 7.82 Å². The van der Waals surface area contributed by atoms with Crippen LogP contribution in [0.3, 0.4) is 0 Å². The molecule has 0 aromatic carbocycles. The molecular formula is C2H15N2O4PSi. The summed E-state index contributed by atoms with van der Waals surface area (Å²) in [6.45, 7) is 1.19. The van der Waals surface area contributed by atoms with Gasteiger partial charge in [0, 0.05) is 13.1 Å². The Bertz CT molecular complexity index is 85.0. The van der Waals surface area contributed by atoms with Gasteiger partial charge in [-0.1, -0.05) is 0 Å². The van der Waals surface area contributed by atoms with Crippen LogP contribution in [0.25, 0.3) is 0 Å². The van der Waals surface area contributed by atoms with Crippen molar-refractivity contribution in [3.8, 4) is 0 Å². The summed E-state index contributed by atoms with van der Waals surface area (Å²) in [7, 11) is -4.64. The van der Waals surface area contributed by atoms with E-state index in [-0.39, 0.29) is 11.0 Å². The molecule has 0 rings (SSSR count). The Kier molecular flexibility index (Phi) is 15.4. The molecule has 0 heterocycles. The van der Waals surface area contributed by atoms with Crippen LogP contribution >= 0.6 is 7.82 Å². The van der Waals surface area contributed by atoms with Crippen LogP contribution in [0.15, 0.2) is 0 Å². The molecule has 8 heteroatoms. The Morgan fingerprint density at radius 3 is 1.20 bits per heavy atom. The molecule has 7 N–H and O–H groups in total. The molecule has 0 unspecified atom stereocenters. The van der Waals surface area contributed by atoms with Crippen molar-refractivity contribution in [2.45, 2.75) is 0 Å². The molecule has 0 aromatic rings. The normalized spacial score (nSPS) is 8.90. The Morgan fingerprint density at radius 2 is 1.20 bits per heavy atom. The van der Waals surface area contributed by atoms with Gasteiger partial charge in [-0.25, -0.2) is 4.57 Å². The van der Waals surface area contributed by atoms with E-state index in [1.807, 2.05) is 0 Å². The third kappa shape index (κ3) is 279. The first kappa shape index (κ1) is 16.7. The third-order valence-electron chi connectivity index (χ3n) is 0.167. The molecule has 0 aromatic heterocycles. The zero-order valence-electron chi connectivity index (χ0n) is 4.77. The Balaban J connectivity index is -0.0000000910. The highest BCUT2D eigenvalue weighted by atomic mass is 31.2. The summed E-state index contributed by atoms with van der Waals surface area (Å²) in [6, 6.07) is 0. The summed E-state index contributed by atoms with van der Waals surface area (Å²) in [6.07, 6.45) is 0. The Morgan fingerprint density at radius 1 is 1.10 bits per heavy atom. The highest BCUT2D eigenvalue weighted by molar-refractivity contribution is 7.45. The van der Waals surface area contributed by atoms with Crippen molar-refractivity contribution in [3.05, 3.63) is 0 Å². The van der Waals surface area contributed by atoms with E-state index in [1.165, 1.54) is 0 Å². The maximum absolute atomic E-state index is 8.88. The molecule has 0 aliphatic heterocycles. The van der Waals surface area contributed by atoms with E-state index >= 15 is 0 Å². The van der Waals surface area contributed by atoms with Crippen molar-refractivity contribution in [3.63, 3.8) is 0 Å². The average Bonchev–Trinajstić information content (AvgIpc) is 1.61. The van der Waals surface area contributed by atoms with Gasteiger partial charge in [0.15, 0.2) is 0 Å². The van der Waals surface area contributed by atoms with Gasteiger partial charge in [0.2, 0.25) is 0 Å². The second-order valence-electron chi connectivity index (χ2n) is 1.09. The largest absolute Gasteiger partial charge is 0.466 e. The molecule has 0 aliphatic carbocycles. The number of rotatable bonds is 1. The first-order valence-corrected chi connectivity index (χ1v) is 3.66. The zero-order chi connectivity index (χ0) is 7.91. The van der Waals surface area contributed by atoms with Crippen LogP contribution in [0, 0.1) is 0 Å². The number of phosphoric acid groups is 1. The lowest BCUT2D eigenvalue weighted by Gasteiger charge is -1.82. The lowest BCUT2D eigenvalue weighted by Crippen LogP contribution is -2.11. The Hall–Kier alpha value is 0.247. The summed E-state index contributed by atoms with van der Waals surface area (Å²) in [5.74, 6) is 0. The van der Waals surface area contributed by atoms with Crippen LogP contribution in [0.2, 0.25) is 0 Å². The minimum absolute atomic E-state index is 0. The van der Waals surface area contributed by atoms with Crippen molar-refractivity contribution in [1.82, 2.24) is 0 Å². The van der Waals surface area contributed by atoms with Crippen molar-refractivity contribution < 1.29 is 19.2 Å². The van der Waals surface area contributed by atoms with E-state index in [0.717, 1.165) is 0 Å². The van der Waals surface area contributed by atoms with Gasteiger partial charge >= 0.3 is 7.82 Å². The van der Waals surface area contributed by atoms with Gasteiger partial charge in [0.05, 0.1) is 0 Å². The minimum atomic E-state index is -4.64. The zero-order valence-corrected chi connectivity index (χ0v) is 5.66. The summed E-state index contributed by atoms with van der Waals surface area (Å²) in [5.41, 5.74) is 9.81. The average molecular weight is 190 g/mol. The molecule has 0 aliphatic rings. The predicted molar refractivity (Wildman–Crippen MR) is 43.7 cm³/mol. The lowest BCUT2D eigenvalue weighted by molar-refractivity contribution is 0.275. The quantitative estimate of drug-likeness (QED) is 0.216. The molecule has 10 heavy (non-hydrogen) atoms. The molecule has 0 saturated carbocycles. The van der Waals surface area contributed by atoms with Crippen molar-refractivity contribution >= 4 is 18.8 Å². The molecule has 6 nitrogen and oxygen atoms in total. The fraction of sp³-hybridized carbons (Fsp3) is 1.00. The molecular weight excluding hydrogens is 175 g/mol. The fourth-order valence-corrected chi connectivity index (χ4v) is 0. The summed E-state index contributed by atoms with van der Waals surface area (Å²) < 4.78 is 8.88. The molecule has 0 fully saturated rings. The summed E-state index contributed by atoms with van der Waals surface area (Å²) in [4.78, 5) is 21.6. The van der Waals surface area contributed by atoms with Crippen LogP contribution in [-0.4, -0.2) is 38.7 Å². The molecule has 0 bridgehead atoms. The predicted octanol–water partition coefficient (Wildman–Crippen LogP) is -3.48. The first-order valence-electron chi connectivity index (χ1n) is 2.10. The number of hydrogen-bond donors (Lipinski definition) is 5. The van der Waals surface area contributed by atoms with Gasteiger partial charge in [0.1, 0.15) is 0 Å². The van der Waals surface area contributed by atoms with Gasteiger partial charge in [0.25, 0.3) is 0 Å². The molecule has 0 spiro atoms. The number of hydrogen-bond acceptors (Lipinski definition) is 3. The standard InChI is InChI=1S/C2H8N2.H3O4P.H4Si/c3-1-2-4;1-5(2,3)4;/h1-4H2;(H3,1,2,3,4);1H4. The minimum Gasteiger partial charge on any atom is -0.329 e. The Labute approximate surface area is 63.5 Å². The fourth-order valence-electron chi connectivity index (χ4n) is 0. The van der Waals surface area contributed by atoms with Gasteiger partial charge < -0.3 is 26.1 Å². The highest BCUT2D eigenvalue weighted by Gasteiger charge is 2.00. The molecule has 0 saturated heterocycles. The van der Waals surface area contributed by atoms with Gasteiger partial charge in [-0.05, 0) is 11.0 Å². The molecule has 0 amide bonds. The number of nitrogens with two attached hydrogens (primary N) is 2. The van der Waals surface area contributed by atoms with Crippen LogP contribution in [0.4, 0.5) is 0 Å². The topological polar surface area (TPSA) is 130 Å². The monoisotopic (exact) mass is 190 g/mol. The second-order valence-corrected chi connectivity index (χ2v) is 2.12. The van der Waals surface area contributed by atoms with E-state index in [9.17, 15) is 0 Å². The van der Waals surface area contributed by atoms with Crippen LogP contribution in [-0.2, 0) is 4.57 Å². The summed E-state index contributed by atoms with van der Waals surface area (Å²) >= 11 is 0. The third-order valence-corrected chi connectivity index (χ3v) is 0.167. The van der Waals surface area contributed by atoms with E-state index in [1.54, 1.807) is 0 Å². The van der Waals surface area contributed by atoms with E-state index in [0.29, 0.717) is 13.1 Å². The smallest absolute Gasteiger partial charge is 0.329 e. The van der Waals surface area contributed by atoms with Crippen LogP contribution in [0.1, 0.15) is 0 Å². The van der Waals surface area contributed by atoms with Crippen molar-refractivity contribution in [2.75, 3.05) is 13.1 Å².